The van der Waals surface area contributed by atoms with Gasteiger partial charge in [-0.2, -0.15) is 4.31 Å². The molecule has 5 nitrogen and oxygen atoms in total. The minimum absolute atomic E-state index is 0.0575. The monoisotopic (exact) mass is 351 g/mol. The summed E-state index contributed by atoms with van der Waals surface area (Å²) in [4.78, 5) is 2.15. The third-order valence-corrected chi connectivity index (χ3v) is 5.88. The maximum atomic E-state index is 11.5. The van der Waals surface area contributed by atoms with Crippen LogP contribution in [0, 0.1) is 0 Å². The van der Waals surface area contributed by atoms with Crippen LogP contribution in [0.5, 0.6) is 0 Å². The van der Waals surface area contributed by atoms with Gasteiger partial charge in [0.15, 0.2) is 0 Å². The fourth-order valence-electron chi connectivity index (χ4n) is 2.60. The zero-order chi connectivity index (χ0) is 15.6. The van der Waals surface area contributed by atoms with Crippen LogP contribution in [0.3, 0.4) is 0 Å². The summed E-state index contributed by atoms with van der Waals surface area (Å²) in [6.45, 7) is 2.58. The van der Waals surface area contributed by atoms with Crippen molar-refractivity contribution >= 4 is 33.2 Å². The molecule has 0 aliphatic carbocycles. The van der Waals surface area contributed by atoms with Crippen molar-refractivity contribution in [3.05, 3.63) is 33.8 Å². The molecular weight excluding hydrogens is 333 g/mol. The van der Waals surface area contributed by atoms with E-state index in [1.54, 1.807) is 6.07 Å². The Morgan fingerprint density at radius 2 is 1.86 bits per heavy atom. The third-order valence-electron chi connectivity index (χ3n) is 3.75. The lowest BCUT2D eigenvalue weighted by molar-refractivity contribution is 0.140. The first-order valence-corrected chi connectivity index (χ1v) is 9.28. The molecule has 118 valence electrons. The van der Waals surface area contributed by atoms with Gasteiger partial charge in [-0.15, -0.1) is 0 Å². The lowest BCUT2D eigenvalue weighted by Crippen LogP contribution is -2.50. The normalized spacial score (nSPS) is 19.6. The standard InChI is InChI=1S/C13H19Cl2N3O2S/c1-21(19,20)18-7-5-17(6-8-18)12(9-16)10-3-2-4-11(14)13(10)15/h2-4,12H,5-9,16H2,1H3. The molecule has 2 N–H and O–H groups in total. The molecule has 0 spiro atoms. The summed E-state index contributed by atoms with van der Waals surface area (Å²) in [7, 11) is -3.13. The molecule has 0 radical (unpaired) electrons. The van der Waals surface area contributed by atoms with Crippen molar-refractivity contribution in [2.75, 3.05) is 39.0 Å². The highest BCUT2D eigenvalue weighted by atomic mass is 35.5. The van der Waals surface area contributed by atoms with E-state index in [0.717, 1.165) is 5.56 Å². The number of rotatable bonds is 4. The number of piperazine rings is 1. The van der Waals surface area contributed by atoms with E-state index in [9.17, 15) is 8.42 Å². The van der Waals surface area contributed by atoms with Gasteiger partial charge in [-0.25, -0.2) is 8.42 Å². The molecule has 1 aromatic carbocycles. The molecule has 1 aromatic rings. The first-order chi connectivity index (χ1) is 9.84. The van der Waals surface area contributed by atoms with E-state index in [0.29, 0.717) is 42.8 Å². The Bertz CT molecular complexity index is 601. The Balaban J connectivity index is 2.15. The zero-order valence-corrected chi connectivity index (χ0v) is 14.1. The Morgan fingerprint density at radius 3 is 2.38 bits per heavy atom. The minimum atomic E-state index is -3.13. The van der Waals surface area contributed by atoms with Crippen LogP contribution in [0.2, 0.25) is 10.0 Å². The van der Waals surface area contributed by atoms with E-state index in [1.807, 2.05) is 12.1 Å². The molecule has 1 saturated heterocycles. The first-order valence-electron chi connectivity index (χ1n) is 6.67. The van der Waals surface area contributed by atoms with Crippen LogP contribution < -0.4 is 5.73 Å². The fourth-order valence-corrected chi connectivity index (χ4v) is 3.86. The Morgan fingerprint density at radius 1 is 1.24 bits per heavy atom. The van der Waals surface area contributed by atoms with Crippen molar-refractivity contribution in [1.82, 2.24) is 9.21 Å². The molecule has 1 atom stereocenters. The van der Waals surface area contributed by atoms with Crippen LogP contribution in [0.15, 0.2) is 18.2 Å². The number of sulfonamides is 1. The summed E-state index contributed by atoms with van der Waals surface area (Å²) in [6, 6.07) is 5.44. The predicted octanol–water partition coefficient (Wildman–Crippen LogP) is 1.57. The molecular formula is C13H19Cl2N3O2S. The lowest BCUT2D eigenvalue weighted by atomic mass is 10.0. The van der Waals surface area contributed by atoms with E-state index >= 15 is 0 Å². The van der Waals surface area contributed by atoms with Gasteiger partial charge in [0.05, 0.1) is 16.3 Å². The molecule has 0 saturated carbocycles. The smallest absolute Gasteiger partial charge is 0.211 e. The summed E-state index contributed by atoms with van der Waals surface area (Å²) in [5.41, 5.74) is 6.79. The molecule has 1 aliphatic rings. The van der Waals surface area contributed by atoms with Crippen molar-refractivity contribution in [2.45, 2.75) is 6.04 Å². The average Bonchev–Trinajstić information content (AvgIpc) is 2.44. The van der Waals surface area contributed by atoms with Gasteiger partial charge in [-0.05, 0) is 11.6 Å². The Kier molecular flexibility index (Phi) is 5.51. The summed E-state index contributed by atoms with van der Waals surface area (Å²) >= 11 is 12.3. The van der Waals surface area contributed by atoms with Crippen molar-refractivity contribution in [1.29, 1.82) is 0 Å². The van der Waals surface area contributed by atoms with Crippen LogP contribution in [0.1, 0.15) is 11.6 Å². The lowest BCUT2D eigenvalue weighted by Gasteiger charge is -2.38. The van der Waals surface area contributed by atoms with E-state index in [4.69, 9.17) is 28.9 Å². The van der Waals surface area contributed by atoms with Crippen molar-refractivity contribution in [3.63, 3.8) is 0 Å². The van der Waals surface area contributed by atoms with E-state index < -0.39 is 10.0 Å². The summed E-state index contributed by atoms with van der Waals surface area (Å²) in [5, 5.41) is 1.02. The van der Waals surface area contributed by atoms with Crippen LogP contribution in [-0.4, -0.2) is 56.6 Å². The highest BCUT2D eigenvalue weighted by molar-refractivity contribution is 7.88. The molecule has 1 aliphatic heterocycles. The van der Waals surface area contributed by atoms with Crippen molar-refractivity contribution in [3.8, 4) is 0 Å². The molecule has 0 bridgehead atoms. The number of nitrogens with zero attached hydrogens (tertiary/aromatic N) is 2. The van der Waals surface area contributed by atoms with Gasteiger partial charge in [-0.3, -0.25) is 4.90 Å². The quantitative estimate of drug-likeness (QED) is 0.893. The summed E-state index contributed by atoms with van der Waals surface area (Å²) in [6.07, 6.45) is 1.23. The molecule has 0 amide bonds. The van der Waals surface area contributed by atoms with Crippen LogP contribution >= 0.6 is 23.2 Å². The molecule has 0 aromatic heterocycles. The molecule has 2 rings (SSSR count). The molecule has 8 heteroatoms. The number of nitrogens with two attached hydrogens (primary N) is 1. The van der Waals surface area contributed by atoms with Crippen LogP contribution in [0.4, 0.5) is 0 Å². The first kappa shape index (κ1) is 17.0. The van der Waals surface area contributed by atoms with Crippen molar-refractivity contribution < 1.29 is 8.42 Å². The maximum Gasteiger partial charge on any atom is 0.211 e. The van der Waals surface area contributed by atoms with Crippen LogP contribution in [-0.2, 0) is 10.0 Å². The Hall–Kier alpha value is -0.370. The van der Waals surface area contributed by atoms with Gasteiger partial charge >= 0.3 is 0 Å². The zero-order valence-electron chi connectivity index (χ0n) is 11.8. The second kappa shape index (κ2) is 6.81. The van der Waals surface area contributed by atoms with Crippen LogP contribution in [0.25, 0.3) is 0 Å². The van der Waals surface area contributed by atoms with Gasteiger partial charge < -0.3 is 5.73 Å². The molecule has 1 fully saturated rings. The largest absolute Gasteiger partial charge is 0.329 e. The van der Waals surface area contributed by atoms with Gasteiger partial charge in [0.25, 0.3) is 0 Å². The SMILES string of the molecule is CS(=O)(=O)N1CCN(C(CN)c2cccc(Cl)c2Cl)CC1. The number of hydrogen-bond donors (Lipinski definition) is 1. The van der Waals surface area contributed by atoms with Crippen molar-refractivity contribution in [2.24, 2.45) is 5.73 Å². The van der Waals surface area contributed by atoms with Gasteiger partial charge in [-0.1, -0.05) is 35.3 Å². The second-order valence-electron chi connectivity index (χ2n) is 5.09. The van der Waals surface area contributed by atoms with E-state index in [2.05, 4.69) is 4.90 Å². The molecule has 1 unspecified atom stereocenters. The summed E-state index contributed by atoms with van der Waals surface area (Å²) in [5.74, 6) is 0. The topological polar surface area (TPSA) is 66.6 Å². The maximum absolute atomic E-state index is 11.5. The minimum Gasteiger partial charge on any atom is -0.329 e. The van der Waals surface area contributed by atoms with E-state index in [-0.39, 0.29) is 6.04 Å². The average molecular weight is 352 g/mol. The summed E-state index contributed by atoms with van der Waals surface area (Å²) < 4.78 is 24.6. The highest BCUT2D eigenvalue weighted by Crippen LogP contribution is 2.32. The van der Waals surface area contributed by atoms with Gasteiger partial charge in [0, 0.05) is 38.8 Å². The number of hydrogen-bond acceptors (Lipinski definition) is 4. The fraction of sp³-hybridized carbons (Fsp3) is 0.538. The second-order valence-corrected chi connectivity index (χ2v) is 7.86. The molecule has 21 heavy (non-hydrogen) atoms. The van der Waals surface area contributed by atoms with Gasteiger partial charge in [0.2, 0.25) is 10.0 Å². The highest BCUT2D eigenvalue weighted by Gasteiger charge is 2.29. The van der Waals surface area contributed by atoms with Gasteiger partial charge in [0.1, 0.15) is 0 Å². The molecule has 1 heterocycles. The number of benzene rings is 1. The number of halogens is 2. The van der Waals surface area contributed by atoms with E-state index in [1.165, 1.54) is 10.6 Å². The predicted molar refractivity (Wildman–Crippen MR) is 86.2 cm³/mol. The third kappa shape index (κ3) is 3.88. The Labute approximate surface area is 135 Å².